The van der Waals surface area contributed by atoms with Crippen LogP contribution in [0.15, 0.2) is 24.3 Å². The van der Waals surface area contributed by atoms with Gasteiger partial charge < -0.3 is 5.73 Å². The number of benzene rings is 1. The largest absolute Gasteiger partial charge is 0.330 e. The number of hydrogen-bond donors (Lipinski definition) is 1. The van der Waals surface area contributed by atoms with Crippen LogP contribution in [-0.4, -0.2) is 19.1 Å². The highest BCUT2D eigenvalue weighted by atomic mass is 16.1. The van der Waals surface area contributed by atoms with E-state index in [2.05, 4.69) is 0 Å². The fraction of sp³-hybridized carbons (Fsp3) is 0.167. The van der Waals surface area contributed by atoms with Crippen molar-refractivity contribution in [3.63, 3.8) is 0 Å². The van der Waals surface area contributed by atoms with Gasteiger partial charge in [0.25, 0.3) is 0 Å². The maximum atomic E-state index is 10.6. The van der Waals surface area contributed by atoms with E-state index < -0.39 is 0 Å². The molecule has 0 heterocycles. The van der Waals surface area contributed by atoms with Crippen molar-refractivity contribution >= 4 is 18.6 Å². The lowest BCUT2D eigenvalue weighted by Crippen LogP contribution is -1.95. The minimum absolute atomic E-state index is 0.506. The molecule has 0 aliphatic rings. The van der Waals surface area contributed by atoms with E-state index in [1.165, 1.54) is 0 Å². The van der Waals surface area contributed by atoms with Gasteiger partial charge in [0.2, 0.25) is 0 Å². The van der Waals surface area contributed by atoms with E-state index in [-0.39, 0.29) is 0 Å². The first-order valence-electron chi connectivity index (χ1n) is 4.72. The lowest BCUT2D eigenvalue weighted by atomic mass is 10.1. The molecule has 0 saturated heterocycles. The first kappa shape index (κ1) is 11.3. The standard InChI is InChI=1S/C12H13NO2/c13-4-2-1-3-10-5-11(8-14)7-12(6-10)9-15/h1,3,5-9H,2,4,13H2. The van der Waals surface area contributed by atoms with Crippen molar-refractivity contribution in [2.24, 2.45) is 5.73 Å². The zero-order valence-corrected chi connectivity index (χ0v) is 8.35. The van der Waals surface area contributed by atoms with Gasteiger partial charge in [-0.3, -0.25) is 9.59 Å². The summed E-state index contributed by atoms with van der Waals surface area (Å²) in [5.41, 5.74) is 7.20. The molecule has 0 aromatic heterocycles. The molecule has 0 unspecified atom stereocenters. The molecule has 0 aliphatic heterocycles. The van der Waals surface area contributed by atoms with E-state index in [1.54, 1.807) is 18.2 Å². The Labute approximate surface area is 88.6 Å². The maximum absolute atomic E-state index is 10.6. The minimum Gasteiger partial charge on any atom is -0.330 e. The lowest BCUT2D eigenvalue weighted by Gasteiger charge is -1.98. The van der Waals surface area contributed by atoms with Gasteiger partial charge in [0.15, 0.2) is 0 Å². The number of hydrogen-bond acceptors (Lipinski definition) is 3. The summed E-state index contributed by atoms with van der Waals surface area (Å²) in [7, 11) is 0. The molecule has 78 valence electrons. The van der Waals surface area contributed by atoms with Crippen LogP contribution in [0.1, 0.15) is 32.7 Å². The van der Waals surface area contributed by atoms with Gasteiger partial charge in [0, 0.05) is 11.1 Å². The van der Waals surface area contributed by atoms with Crippen LogP contribution in [0.4, 0.5) is 0 Å². The Morgan fingerprint density at radius 2 is 1.53 bits per heavy atom. The second kappa shape index (κ2) is 5.88. The van der Waals surface area contributed by atoms with Gasteiger partial charge in [-0.05, 0) is 36.7 Å². The summed E-state index contributed by atoms with van der Waals surface area (Å²) in [6.45, 7) is 0.588. The molecule has 0 radical (unpaired) electrons. The average Bonchev–Trinajstić information content (AvgIpc) is 2.29. The molecule has 15 heavy (non-hydrogen) atoms. The molecule has 1 aromatic carbocycles. The molecular formula is C12H13NO2. The second-order valence-corrected chi connectivity index (χ2v) is 3.15. The number of carbonyl (C=O) groups excluding carboxylic acids is 2. The number of carbonyl (C=O) groups is 2. The molecule has 0 aliphatic carbocycles. The summed E-state index contributed by atoms with van der Waals surface area (Å²) in [4.78, 5) is 21.2. The van der Waals surface area contributed by atoms with Crippen LogP contribution in [0.2, 0.25) is 0 Å². The van der Waals surface area contributed by atoms with Crippen molar-refractivity contribution in [2.75, 3.05) is 6.54 Å². The van der Waals surface area contributed by atoms with Crippen molar-refractivity contribution in [3.8, 4) is 0 Å². The number of rotatable bonds is 5. The van der Waals surface area contributed by atoms with E-state index >= 15 is 0 Å². The Kier molecular flexibility index (Phi) is 4.44. The lowest BCUT2D eigenvalue weighted by molar-refractivity contribution is 0.112. The van der Waals surface area contributed by atoms with Gasteiger partial charge in [0.05, 0.1) is 0 Å². The zero-order chi connectivity index (χ0) is 11.1. The van der Waals surface area contributed by atoms with E-state index in [4.69, 9.17) is 5.73 Å². The Morgan fingerprint density at radius 1 is 1.00 bits per heavy atom. The monoisotopic (exact) mass is 203 g/mol. The highest BCUT2D eigenvalue weighted by Gasteiger charge is 1.97. The Balaban J connectivity index is 2.96. The summed E-state index contributed by atoms with van der Waals surface area (Å²) in [6, 6.07) is 5.01. The molecule has 3 nitrogen and oxygen atoms in total. The predicted molar refractivity (Wildman–Crippen MR) is 59.9 cm³/mol. The molecule has 1 aromatic rings. The Hall–Kier alpha value is -1.74. The summed E-state index contributed by atoms with van der Waals surface area (Å²) in [6.07, 6.45) is 6.01. The molecule has 0 spiro atoms. The highest BCUT2D eigenvalue weighted by Crippen LogP contribution is 2.09. The third kappa shape index (κ3) is 3.48. The third-order valence-electron chi connectivity index (χ3n) is 1.92. The molecule has 1 rings (SSSR count). The Morgan fingerprint density at radius 3 is 2.00 bits per heavy atom. The summed E-state index contributed by atoms with van der Waals surface area (Å²) >= 11 is 0. The molecule has 0 fully saturated rings. The van der Waals surface area contributed by atoms with Crippen LogP contribution in [-0.2, 0) is 0 Å². The van der Waals surface area contributed by atoms with Crippen molar-refractivity contribution in [3.05, 3.63) is 41.0 Å². The SMILES string of the molecule is NCCC=Cc1cc(C=O)cc(C=O)c1. The van der Waals surface area contributed by atoms with Gasteiger partial charge in [0.1, 0.15) is 12.6 Å². The predicted octanol–water partition coefficient (Wildman–Crippen LogP) is 1.67. The highest BCUT2D eigenvalue weighted by molar-refractivity contribution is 5.83. The second-order valence-electron chi connectivity index (χ2n) is 3.15. The molecule has 0 saturated carbocycles. The summed E-state index contributed by atoms with van der Waals surface area (Å²) < 4.78 is 0. The van der Waals surface area contributed by atoms with Crippen LogP contribution < -0.4 is 5.73 Å². The van der Waals surface area contributed by atoms with Gasteiger partial charge >= 0.3 is 0 Å². The first-order chi connectivity index (χ1) is 7.30. The fourth-order valence-corrected chi connectivity index (χ4v) is 1.25. The zero-order valence-electron chi connectivity index (χ0n) is 8.35. The van der Waals surface area contributed by atoms with Gasteiger partial charge in [-0.2, -0.15) is 0 Å². The van der Waals surface area contributed by atoms with E-state index in [0.29, 0.717) is 17.7 Å². The molecule has 0 atom stereocenters. The third-order valence-corrected chi connectivity index (χ3v) is 1.92. The first-order valence-corrected chi connectivity index (χ1v) is 4.72. The van der Waals surface area contributed by atoms with Crippen molar-refractivity contribution in [2.45, 2.75) is 6.42 Å². The number of nitrogens with two attached hydrogens (primary N) is 1. The summed E-state index contributed by atoms with van der Waals surface area (Å²) in [5.74, 6) is 0. The molecule has 0 amide bonds. The van der Waals surface area contributed by atoms with Crippen LogP contribution in [0.5, 0.6) is 0 Å². The van der Waals surface area contributed by atoms with Crippen molar-refractivity contribution in [1.82, 2.24) is 0 Å². The molecule has 0 bridgehead atoms. The number of aldehydes is 2. The molecule has 3 heteroatoms. The van der Waals surface area contributed by atoms with Crippen molar-refractivity contribution in [1.29, 1.82) is 0 Å². The average molecular weight is 203 g/mol. The van der Waals surface area contributed by atoms with Crippen LogP contribution in [0.25, 0.3) is 6.08 Å². The van der Waals surface area contributed by atoms with E-state index in [1.807, 2.05) is 12.2 Å². The smallest absolute Gasteiger partial charge is 0.150 e. The maximum Gasteiger partial charge on any atom is 0.150 e. The van der Waals surface area contributed by atoms with E-state index in [0.717, 1.165) is 24.6 Å². The summed E-state index contributed by atoms with van der Waals surface area (Å²) in [5, 5.41) is 0. The topological polar surface area (TPSA) is 60.2 Å². The molecular weight excluding hydrogens is 190 g/mol. The van der Waals surface area contributed by atoms with Gasteiger partial charge in [-0.25, -0.2) is 0 Å². The Bertz CT molecular complexity index is 357. The van der Waals surface area contributed by atoms with Gasteiger partial charge in [-0.1, -0.05) is 12.2 Å². The minimum atomic E-state index is 0.506. The van der Waals surface area contributed by atoms with E-state index in [9.17, 15) is 9.59 Å². The van der Waals surface area contributed by atoms with Crippen LogP contribution in [0.3, 0.4) is 0 Å². The van der Waals surface area contributed by atoms with Crippen LogP contribution in [0, 0.1) is 0 Å². The quantitative estimate of drug-likeness (QED) is 0.740. The fourth-order valence-electron chi connectivity index (χ4n) is 1.25. The van der Waals surface area contributed by atoms with Crippen molar-refractivity contribution < 1.29 is 9.59 Å². The normalized spacial score (nSPS) is 10.5. The van der Waals surface area contributed by atoms with Gasteiger partial charge in [-0.15, -0.1) is 0 Å². The van der Waals surface area contributed by atoms with Crippen LogP contribution >= 0.6 is 0 Å². The molecule has 2 N–H and O–H groups in total.